The standard InChI is InChI=1S/C24H32N6O8/c1-11(2)20(24(37)38)30-23(36)16(7-12-10-27-15-6-4-3-5-13(12)15)29-22(35)17(9-18(26)31)28-21(34)14(25)8-19(32)33/h3-6,10-11,14,16-17,20,27H,7-9,25H2,1-2H3,(H2,26,31)(H,28,34)(H,29,35)(H,30,36)(H,32,33)(H,37,38). The lowest BCUT2D eigenvalue weighted by atomic mass is 10.0. The van der Waals surface area contributed by atoms with Gasteiger partial charge in [-0.1, -0.05) is 32.0 Å². The molecule has 206 valence electrons. The molecule has 0 fully saturated rings. The van der Waals surface area contributed by atoms with Crippen molar-refractivity contribution >= 4 is 46.5 Å². The molecule has 0 bridgehead atoms. The van der Waals surface area contributed by atoms with Crippen molar-refractivity contribution in [2.75, 3.05) is 0 Å². The van der Waals surface area contributed by atoms with Crippen molar-refractivity contribution in [3.05, 3.63) is 36.0 Å². The van der Waals surface area contributed by atoms with Gasteiger partial charge in [0.25, 0.3) is 0 Å². The molecule has 0 saturated carbocycles. The van der Waals surface area contributed by atoms with E-state index in [1.807, 2.05) is 6.07 Å². The fraction of sp³-hybridized carbons (Fsp3) is 0.417. The number of aromatic amines is 1. The largest absolute Gasteiger partial charge is 0.481 e. The zero-order chi connectivity index (χ0) is 28.6. The lowest BCUT2D eigenvalue weighted by Crippen LogP contribution is -2.58. The quantitative estimate of drug-likeness (QED) is 0.142. The number of hydrogen-bond donors (Lipinski definition) is 8. The minimum Gasteiger partial charge on any atom is -0.481 e. The Morgan fingerprint density at radius 2 is 1.50 bits per heavy atom. The van der Waals surface area contributed by atoms with Gasteiger partial charge in [-0.15, -0.1) is 0 Å². The van der Waals surface area contributed by atoms with Gasteiger partial charge in [0.2, 0.25) is 23.6 Å². The molecule has 14 heteroatoms. The predicted molar refractivity (Wildman–Crippen MR) is 134 cm³/mol. The zero-order valence-electron chi connectivity index (χ0n) is 20.9. The second-order valence-electron chi connectivity index (χ2n) is 9.13. The Morgan fingerprint density at radius 3 is 2.08 bits per heavy atom. The van der Waals surface area contributed by atoms with Crippen LogP contribution in [0.2, 0.25) is 0 Å². The topological polar surface area (TPSA) is 247 Å². The first kappa shape index (κ1) is 29.8. The number of para-hydroxylation sites is 1. The molecule has 2 aromatic rings. The number of carboxylic acids is 2. The van der Waals surface area contributed by atoms with Crippen LogP contribution in [-0.2, 0) is 35.2 Å². The minimum atomic E-state index is -1.57. The maximum absolute atomic E-state index is 13.2. The van der Waals surface area contributed by atoms with Crippen molar-refractivity contribution in [3.8, 4) is 0 Å². The van der Waals surface area contributed by atoms with Gasteiger partial charge in [0.1, 0.15) is 18.1 Å². The summed E-state index contributed by atoms with van der Waals surface area (Å²) in [4.78, 5) is 75.8. The lowest BCUT2D eigenvalue weighted by Gasteiger charge is -2.25. The third kappa shape index (κ3) is 8.30. The van der Waals surface area contributed by atoms with E-state index in [4.69, 9.17) is 16.6 Å². The predicted octanol–water partition coefficient (Wildman–Crippen LogP) is -1.42. The SMILES string of the molecule is CC(C)C(NC(=O)C(Cc1c[nH]c2ccccc12)NC(=O)C(CC(N)=O)NC(=O)C(N)CC(=O)O)C(=O)O. The number of nitrogens with one attached hydrogen (secondary N) is 4. The highest BCUT2D eigenvalue weighted by Crippen LogP contribution is 2.19. The Bertz CT molecular complexity index is 1210. The van der Waals surface area contributed by atoms with Crippen LogP contribution in [0.25, 0.3) is 10.9 Å². The molecule has 0 aliphatic carbocycles. The summed E-state index contributed by atoms with van der Waals surface area (Å²) in [6.45, 7) is 3.20. The Morgan fingerprint density at radius 1 is 0.895 bits per heavy atom. The summed E-state index contributed by atoms with van der Waals surface area (Å²) in [5.74, 6) is -6.85. The first-order valence-corrected chi connectivity index (χ1v) is 11.7. The molecular weight excluding hydrogens is 500 g/mol. The molecule has 0 saturated heterocycles. The highest BCUT2D eigenvalue weighted by atomic mass is 16.4. The molecule has 2 rings (SSSR count). The number of benzene rings is 1. The van der Waals surface area contributed by atoms with Gasteiger partial charge in [-0.25, -0.2) is 4.79 Å². The Hall–Kier alpha value is -4.46. The number of nitrogens with two attached hydrogens (primary N) is 2. The maximum Gasteiger partial charge on any atom is 0.326 e. The smallest absolute Gasteiger partial charge is 0.326 e. The summed E-state index contributed by atoms with van der Waals surface area (Å²) in [6.07, 6.45) is 0.181. The number of carbonyl (C=O) groups is 6. The van der Waals surface area contributed by atoms with Gasteiger partial charge in [0.15, 0.2) is 0 Å². The molecule has 14 nitrogen and oxygen atoms in total. The first-order chi connectivity index (χ1) is 17.8. The number of aliphatic carboxylic acids is 2. The maximum atomic E-state index is 13.2. The summed E-state index contributed by atoms with van der Waals surface area (Å²) >= 11 is 0. The number of H-pyrrole nitrogens is 1. The number of carbonyl (C=O) groups excluding carboxylic acids is 4. The van der Waals surface area contributed by atoms with E-state index in [-0.39, 0.29) is 6.42 Å². The van der Waals surface area contributed by atoms with E-state index in [1.165, 1.54) is 0 Å². The van der Waals surface area contributed by atoms with Crippen LogP contribution in [0, 0.1) is 5.92 Å². The summed E-state index contributed by atoms with van der Waals surface area (Å²) in [5.41, 5.74) is 12.2. The monoisotopic (exact) mass is 532 g/mol. The van der Waals surface area contributed by atoms with E-state index >= 15 is 0 Å². The average molecular weight is 533 g/mol. The van der Waals surface area contributed by atoms with E-state index in [2.05, 4.69) is 20.9 Å². The van der Waals surface area contributed by atoms with Gasteiger partial charge in [-0.05, 0) is 17.5 Å². The van der Waals surface area contributed by atoms with Crippen molar-refractivity contribution < 1.29 is 39.0 Å². The molecule has 4 amide bonds. The fourth-order valence-corrected chi connectivity index (χ4v) is 3.74. The Labute approximate surface area is 217 Å². The van der Waals surface area contributed by atoms with Crippen LogP contribution < -0.4 is 27.4 Å². The van der Waals surface area contributed by atoms with Gasteiger partial charge >= 0.3 is 11.9 Å². The summed E-state index contributed by atoms with van der Waals surface area (Å²) in [7, 11) is 0. The average Bonchev–Trinajstić information content (AvgIpc) is 3.23. The highest BCUT2D eigenvalue weighted by molar-refractivity contribution is 5.97. The fourth-order valence-electron chi connectivity index (χ4n) is 3.74. The van der Waals surface area contributed by atoms with Crippen molar-refractivity contribution in [1.29, 1.82) is 0 Å². The van der Waals surface area contributed by atoms with E-state index in [9.17, 15) is 33.9 Å². The Balaban J connectivity index is 2.33. The summed E-state index contributed by atoms with van der Waals surface area (Å²) in [5, 5.41) is 26.2. The lowest BCUT2D eigenvalue weighted by molar-refractivity contribution is -0.143. The third-order valence-corrected chi connectivity index (χ3v) is 5.73. The number of fused-ring (bicyclic) bond motifs is 1. The number of rotatable bonds is 14. The molecule has 1 heterocycles. The van der Waals surface area contributed by atoms with Crippen LogP contribution in [0.4, 0.5) is 0 Å². The third-order valence-electron chi connectivity index (χ3n) is 5.73. The van der Waals surface area contributed by atoms with Crippen molar-refractivity contribution in [2.45, 2.75) is 57.3 Å². The van der Waals surface area contributed by atoms with Crippen molar-refractivity contribution in [1.82, 2.24) is 20.9 Å². The Kier molecular flexibility index (Phi) is 10.3. The van der Waals surface area contributed by atoms with Crippen LogP contribution >= 0.6 is 0 Å². The number of amides is 4. The molecule has 0 spiro atoms. The number of carboxylic acid groups (broad SMARTS) is 2. The van der Waals surface area contributed by atoms with Crippen LogP contribution in [0.1, 0.15) is 32.3 Å². The van der Waals surface area contributed by atoms with Gasteiger partial charge in [0, 0.05) is 23.5 Å². The second-order valence-corrected chi connectivity index (χ2v) is 9.13. The summed E-state index contributed by atoms with van der Waals surface area (Å²) in [6, 6.07) is 1.55. The van der Waals surface area contributed by atoms with Crippen LogP contribution in [0.5, 0.6) is 0 Å². The summed E-state index contributed by atoms with van der Waals surface area (Å²) < 4.78 is 0. The van der Waals surface area contributed by atoms with Gasteiger partial charge in [0.05, 0.1) is 18.9 Å². The van der Waals surface area contributed by atoms with E-state index in [0.717, 1.165) is 10.9 Å². The van der Waals surface area contributed by atoms with Crippen LogP contribution in [-0.4, -0.2) is 74.9 Å². The zero-order valence-corrected chi connectivity index (χ0v) is 20.9. The van der Waals surface area contributed by atoms with Gasteiger partial charge in [-0.3, -0.25) is 24.0 Å². The second kappa shape index (κ2) is 13.2. The molecule has 10 N–H and O–H groups in total. The number of aromatic nitrogens is 1. The molecule has 4 atom stereocenters. The first-order valence-electron chi connectivity index (χ1n) is 11.7. The molecule has 0 aliphatic heterocycles. The van der Waals surface area contributed by atoms with Crippen LogP contribution in [0.15, 0.2) is 30.5 Å². The number of primary amides is 1. The van der Waals surface area contributed by atoms with Crippen molar-refractivity contribution in [3.63, 3.8) is 0 Å². The van der Waals surface area contributed by atoms with E-state index in [0.29, 0.717) is 5.56 Å². The molecule has 0 aliphatic rings. The molecule has 1 aromatic carbocycles. The normalized spacial score (nSPS) is 14.2. The van der Waals surface area contributed by atoms with E-state index < -0.39 is 78.5 Å². The van der Waals surface area contributed by atoms with Gasteiger partial charge in [-0.2, -0.15) is 0 Å². The molecule has 4 unspecified atom stereocenters. The van der Waals surface area contributed by atoms with Gasteiger partial charge < -0.3 is 42.6 Å². The number of hydrogen-bond acceptors (Lipinski definition) is 7. The minimum absolute atomic E-state index is 0.0677. The van der Waals surface area contributed by atoms with Crippen molar-refractivity contribution in [2.24, 2.45) is 17.4 Å². The molecule has 0 radical (unpaired) electrons. The highest BCUT2D eigenvalue weighted by Gasteiger charge is 2.32. The molecule has 38 heavy (non-hydrogen) atoms. The van der Waals surface area contributed by atoms with E-state index in [1.54, 1.807) is 38.2 Å². The van der Waals surface area contributed by atoms with Crippen LogP contribution in [0.3, 0.4) is 0 Å². The molecular formula is C24H32N6O8. The molecule has 1 aromatic heterocycles.